The van der Waals surface area contributed by atoms with Crippen LogP contribution < -0.4 is 0 Å². The zero-order valence-corrected chi connectivity index (χ0v) is 11.9. The maximum Gasteiger partial charge on any atom is 0.342 e. The Morgan fingerprint density at radius 3 is 2.80 bits per heavy atom. The molecule has 0 saturated carbocycles. The molecule has 1 aromatic heterocycles. The molecule has 20 heavy (non-hydrogen) atoms. The third kappa shape index (κ3) is 4.02. The summed E-state index contributed by atoms with van der Waals surface area (Å²) >= 11 is 0. The SMILES string of the molecule is CCC(C)N(CCn1c([N+](=O)[O-])cnc1C)CC(=O)O. The summed E-state index contributed by atoms with van der Waals surface area (Å²) < 4.78 is 1.50. The molecule has 0 aliphatic carbocycles. The molecule has 0 aliphatic rings. The number of aryl methyl sites for hydroxylation is 1. The fourth-order valence-corrected chi connectivity index (χ4v) is 1.99. The molecule has 1 heterocycles. The minimum Gasteiger partial charge on any atom is -0.480 e. The lowest BCUT2D eigenvalue weighted by Crippen LogP contribution is -2.39. The van der Waals surface area contributed by atoms with Gasteiger partial charge in [0.25, 0.3) is 0 Å². The van der Waals surface area contributed by atoms with Gasteiger partial charge in [0.15, 0.2) is 5.82 Å². The number of hydrogen-bond acceptors (Lipinski definition) is 5. The minimum absolute atomic E-state index is 0.0677. The second kappa shape index (κ2) is 6.99. The molecule has 0 fully saturated rings. The summed E-state index contributed by atoms with van der Waals surface area (Å²) in [6.45, 7) is 6.32. The fourth-order valence-electron chi connectivity index (χ4n) is 1.99. The molecule has 1 rings (SSSR count). The van der Waals surface area contributed by atoms with Crippen molar-refractivity contribution in [3.05, 3.63) is 22.1 Å². The number of carboxylic acid groups (broad SMARTS) is 1. The van der Waals surface area contributed by atoms with Gasteiger partial charge >= 0.3 is 11.8 Å². The first-order valence-electron chi connectivity index (χ1n) is 6.49. The Hall–Kier alpha value is -1.96. The van der Waals surface area contributed by atoms with Gasteiger partial charge in [-0.05, 0) is 18.3 Å². The second-order valence-electron chi connectivity index (χ2n) is 4.69. The lowest BCUT2D eigenvalue weighted by atomic mass is 10.2. The summed E-state index contributed by atoms with van der Waals surface area (Å²) in [4.78, 5) is 27.0. The van der Waals surface area contributed by atoms with Gasteiger partial charge in [0, 0.05) is 19.5 Å². The second-order valence-corrected chi connectivity index (χ2v) is 4.69. The topological polar surface area (TPSA) is 102 Å². The van der Waals surface area contributed by atoms with E-state index in [4.69, 9.17) is 5.11 Å². The molecular formula is C12H20N4O4. The summed E-state index contributed by atoms with van der Waals surface area (Å²) in [5, 5.41) is 19.8. The van der Waals surface area contributed by atoms with Gasteiger partial charge in [-0.2, -0.15) is 0 Å². The van der Waals surface area contributed by atoms with Crippen LogP contribution in [0.15, 0.2) is 6.20 Å². The lowest BCUT2D eigenvalue weighted by molar-refractivity contribution is -0.392. The molecule has 0 aromatic carbocycles. The van der Waals surface area contributed by atoms with E-state index in [2.05, 4.69) is 4.98 Å². The van der Waals surface area contributed by atoms with Gasteiger partial charge in [-0.3, -0.25) is 9.69 Å². The highest BCUT2D eigenvalue weighted by Gasteiger charge is 2.21. The van der Waals surface area contributed by atoms with Crippen LogP contribution in [0, 0.1) is 17.0 Å². The first-order chi connectivity index (χ1) is 9.36. The Bertz CT molecular complexity index is 486. The molecule has 0 saturated heterocycles. The summed E-state index contributed by atoms with van der Waals surface area (Å²) in [5.41, 5.74) is 0. The van der Waals surface area contributed by atoms with Crippen molar-refractivity contribution in [1.29, 1.82) is 0 Å². The largest absolute Gasteiger partial charge is 0.480 e. The average molecular weight is 284 g/mol. The molecule has 0 spiro atoms. The Morgan fingerprint density at radius 2 is 2.30 bits per heavy atom. The molecule has 1 unspecified atom stereocenters. The van der Waals surface area contributed by atoms with Crippen molar-refractivity contribution < 1.29 is 14.8 Å². The zero-order valence-electron chi connectivity index (χ0n) is 11.9. The quantitative estimate of drug-likeness (QED) is 0.570. The minimum atomic E-state index is -0.901. The number of nitro groups is 1. The van der Waals surface area contributed by atoms with Crippen molar-refractivity contribution in [2.24, 2.45) is 0 Å². The van der Waals surface area contributed by atoms with Gasteiger partial charge in [0.1, 0.15) is 12.7 Å². The fraction of sp³-hybridized carbons (Fsp3) is 0.667. The monoisotopic (exact) mass is 284 g/mol. The number of hydrogen-bond donors (Lipinski definition) is 1. The predicted molar refractivity (Wildman–Crippen MR) is 72.6 cm³/mol. The van der Waals surface area contributed by atoms with Crippen molar-refractivity contribution in [2.45, 2.75) is 39.8 Å². The highest BCUT2D eigenvalue weighted by Crippen LogP contribution is 2.14. The molecule has 1 atom stereocenters. The van der Waals surface area contributed by atoms with Crippen LogP contribution in [0.1, 0.15) is 26.1 Å². The Kier molecular flexibility index (Phi) is 5.63. The van der Waals surface area contributed by atoms with Gasteiger partial charge in [-0.15, -0.1) is 0 Å². The molecule has 0 radical (unpaired) electrons. The van der Waals surface area contributed by atoms with Crippen LogP contribution >= 0.6 is 0 Å². The van der Waals surface area contributed by atoms with Gasteiger partial charge < -0.3 is 15.2 Å². The molecule has 0 bridgehead atoms. The third-order valence-corrected chi connectivity index (χ3v) is 3.38. The maximum atomic E-state index is 10.9. The Balaban J connectivity index is 2.79. The molecular weight excluding hydrogens is 264 g/mol. The predicted octanol–water partition coefficient (Wildman–Crippen LogP) is 1.28. The van der Waals surface area contributed by atoms with Crippen molar-refractivity contribution in [2.75, 3.05) is 13.1 Å². The van der Waals surface area contributed by atoms with Gasteiger partial charge in [-0.25, -0.2) is 9.55 Å². The number of aromatic nitrogens is 2. The van der Waals surface area contributed by atoms with Crippen LogP contribution in [0.2, 0.25) is 0 Å². The van der Waals surface area contributed by atoms with Crippen LogP contribution in [0.5, 0.6) is 0 Å². The van der Waals surface area contributed by atoms with Crippen LogP contribution in [-0.2, 0) is 11.3 Å². The number of rotatable bonds is 8. The van der Waals surface area contributed by atoms with Crippen molar-refractivity contribution in [3.63, 3.8) is 0 Å². The highest BCUT2D eigenvalue weighted by atomic mass is 16.6. The van der Waals surface area contributed by atoms with Crippen molar-refractivity contribution >= 4 is 11.8 Å². The summed E-state index contributed by atoms with van der Waals surface area (Å²) in [5.74, 6) is -0.416. The number of aliphatic carboxylic acids is 1. The Labute approximate surface area is 117 Å². The summed E-state index contributed by atoms with van der Waals surface area (Å²) in [6.07, 6.45) is 2.04. The van der Waals surface area contributed by atoms with Crippen LogP contribution in [-0.4, -0.2) is 49.6 Å². The van der Waals surface area contributed by atoms with Crippen LogP contribution in [0.25, 0.3) is 0 Å². The molecule has 1 aromatic rings. The molecule has 1 N–H and O–H groups in total. The van der Waals surface area contributed by atoms with Gasteiger partial charge in [-0.1, -0.05) is 6.92 Å². The van der Waals surface area contributed by atoms with E-state index in [0.717, 1.165) is 6.42 Å². The maximum absolute atomic E-state index is 10.9. The van der Waals surface area contributed by atoms with E-state index in [9.17, 15) is 14.9 Å². The number of imidazole rings is 1. The number of nitrogens with zero attached hydrogens (tertiary/aromatic N) is 4. The molecule has 0 aliphatic heterocycles. The number of carboxylic acids is 1. The average Bonchev–Trinajstić information content (AvgIpc) is 2.74. The van der Waals surface area contributed by atoms with E-state index in [1.807, 2.05) is 13.8 Å². The molecule has 0 amide bonds. The van der Waals surface area contributed by atoms with E-state index >= 15 is 0 Å². The van der Waals surface area contributed by atoms with Crippen LogP contribution in [0.3, 0.4) is 0 Å². The van der Waals surface area contributed by atoms with Crippen LogP contribution in [0.4, 0.5) is 5.82 Å². The van der Waals surface area contributed by atoms with Gasteiger partial charge in [0.05, 0.1) is 6.54 Å². The zero-order chi connectivity index (χ0) is 15.3. The smallest absolute Gasteiger partial charge is 0.342 e. The summed E-state index contributed by atoms with van der Waals surface area (Å²) in [6, 6.07) is 0.106. The number of carbonyl (C=O) groups is 1. The van der Waals surface area contributed by atoms with E-state index < -0.39 is 10.9 Å². The molecule has 8 heteroatoms. The standard InChI is InChI=1S/C12H20N4O4/c1-4-9(2)14(8-12(17)18)5-6-15-10(3)13-7-11(15)16(19)20/h7,9H,4-6,8H2,1-3H3,(H,17,18). The van der Waals surface area contributed by atoms with E-state index in [1.54, 1.807) is 11.8 Å². The van der Waals surface area contributed by atoms with E-state index in [-0.39, 0.29) is 18.4 Å². The van der Waals surface area contributed by atoms with E-state index in [1.165, 1.54) is 10.8 Å². The Morgan fingerprint density at radius 1 is 1.65 bits per heavy atom. The summed E-state index contributed by atoms with van der Waals surface area (Å²) in [7, 11) is 0. The highest BCUT2D eigenvalue weighted by molar-refractivity contribution is 5.69. The molecule has 8 nitrogen and oxygen atoms in total. The van der Waals surface area contributed by atoms with E-state index in [0.29, 0.717) is 18.9 Å². The van der Waals surface area contributed by atoms with Crippen molar-refractivity contribution in [3.8, 4) is 0 Å². The first kappa shape index (κ1) is 16.1. The third-order valence-electron chi connectivity index (χ3n) is 3.38. The van der Waals surface area contributed by atoms with Gasteiger partial charge in [0.2, 0.25) is 0 Å². The first-order valence-corrected chi connectivity index (χ1v) is 6.49. The lowest BCUT2D eigenvalue weighted by Gasteiger charge is -2.25. The normalized spacial score (nSPS) is 12.6. The molecule has 112 valence electrons. The van der Waals surface area contributed by atoms with Crippen molar-refractivity contribution in [1.82, 2.24) is 14.5 Å².